The molecule has 4 nitrogen and oxygen atoms in total. The molecule has 0 aliphatic carbocycles. The maximum atomic E-state index is 4.67. The van der Waals surface area contributed by atoms with Gasteiger partial charge in [0.25, 0.3) is 0 Å². The predicted octanol–water partition coefficient (Wildman–Crippen LogP) is 4.92. The Morgan fingerprint density at radius 2 is 1.58 bits per heavy atom. The highest BCUT2D eigenvalue weighted by molar-refractivity contribution is 5.86. The first-order valence-electron chi connectivity index (χ1n) is 8.53. The monoisotopic (exact) mass is 336 g/mol. The Morgan fingerprint density at radius 1 is 0.769 bits per heavy atom. The summed E-state index contributed by atoms with van der Waals surface area (Å²) in [5, 5.41) is 5.62. The van der Waals surface area contributed by atoms with Crippen LogP contribution in [0.25, 0.3) is 38.8 Å². The fourth-order valence-electron chi connectivity index (χ4n) is 3.19. The van der Waals surface area contributed by atoms with Gasteiger partial charge in [0.1, 0.15) is 0 Å². The van der Waals surface area contributed by atoms with Gasteiger partial charge in [-0.3, -0.25) is 4.98 Å². The smallest absolute Gasteiger partial charge is 0.162 e. The Morgan fingerprint density at radius 3 is 2.46 bits per heavy atom. The maximum Gasteiger partial charge on any atom is 0.162 e. The Bertz CT molecular complexity index is 1240. The van der Waals surface area contributed by atoms with Gasteiger partial charge in [0.15, 0.2) is 5.65 Å². The minimum atomic E-state index is 0.831. The first kappa shape index (κ1) is 14.8. The second-order valence-electron chi connectivity index (χ2n) is 6.45. The van der Waals surface area contributed by atoms with Gasteiger partial charge >= 0.3 is 0 Å². The summed E-state index contributed by atoms with van der Waals surface area (Å²) in [4.78, 5) is 9.22. The van der Waals surface area contributed by atoms with Crippen molar-refractivity contribution in [3.63, 3.8) is 0 Å². The average Bonchev–Trinajstić information content (AvgIpc) is 3.11. The lowest BCUT2D eigenvalue weighted by molar-refractivity contribution is 0.941. The van der Waals surface area contributed by atoms with E-state index in [4.69, 9.17) is 0 Å². The molecule has 0 aliphatic rings. The summed E-state index contributed by atoms with van der Waals surface area (Å²) >= 11 is 0. The van der Waals surface area contributed by atoms with Crippen LogP contribution in [0.4, 0.5) is 0 Å². The van der Waals surface area contributed by atoms with E-state index in [0.717, 1.165) is 38.8 Å². The molecule has 5 rings (SSSR count). The van der Waals surface area contributed by atoms with Crippen LogP contribution < -0.4 is 0 Å². The maximum absolute atomic E-state index is 4.67. The van der Waals surface area contributed by atoms with Gasteiger partial charge in [0.05, 0.1) is 11.7 Å². The van der Waals surface area contributed by atoms with Gasteiger partial charge < -0.3 is 0 Å². The van der Waals surface area contributed by atoms with Crippen LogP contribution in [0.2, 0.25) is 0 Å². The van der Waals surface area contributed by atoms with Crippen LogP contribution in [0.15, 0.2) is 79.4 Å². The van der Waals surface area contributed by atoms with Gasteiger partial charge in [0.2, 0.25) is 0 Å². The molecule has 124 valence electrons. The van der Waals surface area contributed by atoms with Crippen molar-refractivity contribution in [1.29, 1.82) is 0 Å². The van der Waals surface area contributed by atoms with Crippen molar-refractivity contribution in [2.45, 2.75) is 6.92 Å². The highest BCUT2D eigenvalue weighted by Gasteiger charge is 2.10. The highest BCUT2D eigenvalue weighted by atomic mass is 15.2. The van der Waals surface area contributed by atoms with Crippen molar-refractivity contribution in [3.05, 3.63) is 84.9 Å². The summed E-state index contributed by atoms with van der Waals surface area (Å²) in [7, 11) is 0. The molecule has 0 aliphatic heterocycles. The number of hydrogen-bond acceptors (Lipinski definition) is 3. The van der Waals surface area contributed by atoms with Crippen molar-refractivity contribution >= 4 is 16.6 Å². The zero-order valence-corrected chi connectivity index (χ0v) is 14.3. The molecule has 0 atom stereocenters. The zero-order chi connectivity index (χ0) is 17.5. The van der Waals surface area contributed by atoms with Gasteiger partial charge in [-0.25, -0.2) is 9.50 Å². The first-order valence-corrected chi connectivity index (χ1v) is 8.53. The molecule has 4 heteroatoms. The summed E-state index contributed by atoms with van der Waals surface area (Å²) in [5.41, 5.74) is 7.25. The third-order valence-corrected chi connectivity index (χ3v) is 4.64. The number of fused-ring (bicyclic) bond motifs is 2. The zero-order valence-electron chi connectivity index (χ0n) is 14.3. The van der Waals surface area contributed by atoms with Crippen molar-refractivity contribution in [2.75, 3.05) is 0 Å². The van der Waals surface area contributed by atoms with E-state index in [-0.39, 0.29) is 0 Å². The van der Waals surface area contributed by atoms with Crippen LogP contribution in [0, 0.1) is 6.92 Å². The van der Waals surface area contributed by atoms with Crippen LogP contribution in [0.5, 0.6) is 0 Å². The lowest BCUT2D eigenvalue weighted by Gasteiger charge is -2.04. The van der Waals surface area contributed by atoms with Gasteiger partial charge in [-0.2, -0.15) is 5.10 Å². The summed E-state index contributed by atoms with van der Waals surface area (Å²) in [5.74, 6) is 0. The van der Waals surface area contributed by atoms with Gasteiger partial charge in [-0.15, -0.1) is 0 Å². The normalized spacial score (nSPS) is 11.3. The highest BCUT2D eigenvalue weighted by Crippen LogP contribution is 2.27. The number of nitrogens with zero attached hydrogens (tertiary/aromatic N) is 4. The number of hydrogen-bond donors (Lipinski definition) is 0. The van der Waals surface area contributed by atoms with E-state index < -0.39 is 0 Å². The van der Waals surface area contributed by atoms with E-state index in [1.165, 1.54) is 5.56 Å². The van der Waals surface area contributed by atoms with E-state index in [1.807, 2.05) is 47.5 Å². The molecule has 26 heavy (non-hydrogen) atoms. The molecule has 0 N–H and O–H groups in total. The molecule has 5 aromatic rings. The molecule has 0 saturated heterocycles. The first-order chi connectivity index (χ1) is 12.8. The summed E-state index contributed by atoms with van der Waals surface area (Å²) in [6.07, 6.45) is 7.66. The lowest BCUT2D eigenvalue weighted by Crippen LogP contribution is -1.92. The Kier molecular flexibility index (Phi) is 3.28. The molecule has 0 amide bonds. The van der Waals surface area contributed by atoms with Crippen LogP contribution in [-0.2, 0) is 0 Å². The molecule has 0 spiro atoms. The fraction of sp³-hybridized carbons (Fsp3) is 0.0455. The Balaban J connectivity index is 1.61. The molecule has 0 unspecified atom stereocenters. The summed E-state index contributed by atoms with van der Waals surface area (Å²) in [6, 6.07) is 18.7. The van der Waals surface area contributed by atoms with E-state index >= 15 is 0 Å². The third kappa shape index (κ3) is 2.43. The van der Waals surface area contributed by atoms with E-state index in [1.54, 1.807) is 0 Å². The molecule has 0 saturated carbocycles. The average molecular weight is 336 g/mol. The minimum absolute atomic E-state index is 0.831. The van der Waals surface area contributed by atoms with E-state index in [9.17, 15) is 0 Å². The molecule has 0 radical (unpaired) electrons. The number of aryl methyl sites for hydroxylation is 1. The molecule has 0 bridgehead atoms. The molecule has 3 aromatic heterocycles. The van der Waals surface area contributed by atoms with Crippen LogP contribution in [0.3, 0.4) is 0 Å². The quantitative estimate of drug-likeness (QED) is 0.459. The molecule has 0 fully saturated rings. The Labute approximate surface area is 150 Å². The SMILES string of the molecule is Cc1ccc(-c2cnc3c(-c4cnc5ccccc5c4)cnn3c2)cc1. The Hall–Kier alpha value is -3.53. The minimum Gasteiger partial charge on any atom is -0.256 e. The van der Waals surface area contributed by atoms with Gasteiger partial charge in [-0.1, -0.05) is 48.0 Å². The van der Waals surface area contributed by atoms with Crippen LogP contribution in [0.1, 0.15) is 5.56 Å². The standard InChI is InChI=1S/C22H16N4/c1-15-6-8-16(9-7-15)19-12-24-22-20(13-25-26(22)14-19)18-10-17-4-2-3-5-21(17)23-11-18/h2-14H,1H3. The third-order valence-electron chi connectivity index (χ3n) is 4.64. The van der Waals surface area contributed by atoms with Crippen molar-refractivity contribution < 1.29 is 0 Å². The van der Waals surface area contributed by atoms with Crippen molar-refractivity contribution in [1.82, 2.24) is 19.6 Å². The lowest BCUT2D eigenvalue weighted by atomic mass is 10.1. The number of benzene rings is 2. The molecule has 2 aromatic carbocycles. The second-order valence-corrected chi connectivity index (χ2v) is 6.45. The molecular formula is C22H16N4. The number of pyridine rings is 1. The summed E-state index contributed by atoms with van der Waals surface area (Å²) in [6.45, 7) is 2.09. The van der Waals surface area contributed by atoms with E-state index in [2.05, 4.69) is 58.4 Å². The number of rotatable bonds is 2. The van der Waals surface area contributed by atoms with E-state index in [0.29, 0.717) is 0 Å². The van der Waals surface area contributed by atoms with Crippen LogP contribution in [-0.4, -0.2) is 19.6 Å². The topological polar surface area (TPSA) is 43.1 Å². The van der Waals surface area contributed by atoms with Gasteiger partial charge in [0, 0.05) is 40.7 Å². The number of para-hydroxylation sites is 1. The second kappa shape index (κ2) is 5.77. The molecular weight excluding hydrogens is 320 g/mol. The molecule has 3 heterocycles. The summed E-state index contributed by atoms with van der Waals surface area (Å²) < 4.78 is 1.83. The fourth-order valence-corrected chi connectivity index (χ4v) is 3.19. The van der Waals surface area contributed by atoms with Crippen LogP contribution >= 0.6 is 0 Å². The van der Waals surface area contributed by atoms with Crippen molar-refractivity contribution in [2.24, 2.45) is 0 Å². The number of aromatic nitrogens is 4. The largest absolute Gasteiger partial charge is 0.256 e. The van der Waals surface area contributed by atoms with Gasteiger partial charge in [-0.05, 0) is 24.6 Å². The van der Waals surface area contributed by atoms with Crippen molar-refractivity contribution in [3.8, 4) is 22.3 Å². The predicted molar refractivity (Wildman–Crippen MR) is 104 cm³/mol.